The monoisotopic (exact) mass is 382 g/mol. The quantitative estimate of drug-likeness (QED) is 0.445. The van der Waals surface area contributed by atoms with Crippen LogP contribution >= 0.6 is 0 Å². The smallest absolute Gasteiger partial charge is 0.314 e. The SMILES string of the molecule is CN(C)C(CNC(=O)NCCc1c[nH][n+]2ccccc12)Cc1ccc(O)cc1. The van der Waals surface area contributed by atoms with Gasteiger partial charge in [0.1, 0.15) is 5.75 Å². The topological polar surface area (TPSA) is 84.5 Å². The first-order valence-corrected chi connectivity index (χ1v) is 9.45. The van der Waals surface area contributed by atoms with E-state index in [1.165, 1.54) is 5.56 Å². The number of hydrogen-bond donors (Lipinski definition) is 4. The predicted molar refractivity (Wildman–Crippen MR) is 108 cm³/mol. The first-order chi connectivity index (χ1) is 13.5. The molecule has 0 aliphatic carbocycles. The van der Waals surface area contributed by atoms with E-state index in [4.69, 9.17) is 0 Å². The van der Waals surface area contributed by atoms with E-state index in [2.05, 4.69) is 26.7 Å². The number of nitrogens with one attached hydrogen (secondary N) is 3. The lowest BCUT2D eigenvalue weighted by molar-refractivity contribution is -0.576. The number of phenolic OH excluding ortho intramolecular Hbond substituents is 1. The van der Waals surface area contributed by atoms with Crippen molar-refractivity contribution in [3.05, 3.63) is 66.0 Å². The van der Waals surface area contributed by atoms with Gasteiger partial charge in [0, 0.05) is 36.8 Å². The molecule has 2 heterocycles. The Morgan fingerprint density at radius 1 is 1.18 bits per heavy atom. The van der Waals surface area contributed by atoms with Gasteiger partial charge in [-0.25, -0.2) is 4.79 Å². The van der Waals surface area contributed by atoms with Gasteiger partial charge in [-0.15, -0.1) is 0 Å². The maximum atomic E-state index is 12.2. The van der Waals surface area contributed by atoms with Gasteiger partial charge in [-0.05, 0) is 50.7 Å². The highest BCUT2D eigenvalue weighted by atomic mass is 16.3. The lowest BCUT2D eigenvalue weighted by Gasteiger charge is -2.25. The zero-order valence-corrected chi connectivity index (χ0v) is 16.4. The molecular formula is C21H28N5O2+. The Hall–Kier alpha value is -3.06. The molecule has 0 bridgehead atoms. The molecule has 7 heteroatoms. The van der Waals surface area contributed by atoms with Crippen LogP contribution in [0.1, 0.15) is 11.1 Å². The van der Waals surface area contributed by atoms with E-state index in [0.29, 0.717) is 13.1 Å². The zero-order valence-electron chi connectivity index (χ0n) is 16.4. The van der Waals surface area contributed by atoms with Crippen LogP contribution in [0.4, 0.5) is 4.79 Å². The molecule has 1 aromatic carbocycles. The Bertz CT molecular complexity index is 905. The third-order valence-electron chi connectivity index (χ3n) is 4.88. The van der Waals surface area contributed by atoms with Crippen molar-refractivity contribution in [2.75, 3.05) is 27.2 Å². The van der Waals surface area contributed by atoms with E-state index in [1.54, 1.807) is 12.1 Å². The molecule has 0 aliphatic rings. The van der Waals surface area contributed by atoms with E-state index in [-0.39, 0.29) is 17.8 Å². The summed E-state index contributed by atoms with van der Waals surface area (Å²) < 4.78 is 1.96. The van der Waals surface area contributed by atoms with Crippen molar-refractivity contribution in [3.8, 4) is 5.75 Å². The fraction of sp³-hybridized carbons (Fsp3) is 0.333. The number of carbonyl (C=O) groups is 1. The maximum absolute atomic E-state index is 12.2. The first-order valence-electron chi connectivity index (χ1n) is 9.45. The van der Waals surface area contributed by atoms with Crippen LogP contribution < -0.4 is 15.1 Å². The number of urea groups is 1. The number of amides is 2. The number of nitrogens with zero attached hydrogens (tertiary/aromatic N) is 2. The van der Waals surface area contributed by atoms with Gasteiger partial charge in [-0.3, -0.25) is 0 Å². The summed E-state index contributed by atoms with van der Waals surface area (Å²) in [5, 5.41) is 18.5. The van der Waals surface area contributed by atoms with Gasteiger partial charge in [-0.2, -0.15) is 5.10 Å². The molecule has 3 aromatic rings. The number of likely N-dealkylation sites (N-methyl/N-ethyl adjacent to an activating group) is 1. The molecule has 148 valence electrons. The van der Waals surface area contributed by atoms with Gasteiger partial charge in [0.05, 0.1) is 6.20 Å². The fourth-order valence-corrected chi connectivity index (χ4v) is 3.16. The molecule has 7 nitrogen and oxygen atoms in total. The van der Waals surface area contributed by atoms with Crippen LogP contribution in [0.25, 0.3) is 5.52 Å². The Balaban J connectivity index is 1.44. The van der Waals surface area contributed by atoms with Crippen molar-refractivity contribution in [3.63, 3.8) is 0 Å². The van der Waals surface area contributed by atoms with Crippen LogP contribution in [-0.4, -0.2) is 54.4 Å². The zero-order chi connectivity index (χ0) is 19.9. The van der Waals surface area contributed by atoms with Crippen LogP contribution in [0.3, 0.4) is 0 Å². The van der Waals surface area contributed by atoms with Crippen molar-refractivity contribution in [2.24, 2.45) is 0 Å². The molecule has 2 aromatic heterocycles. The second-order valence-corrected chi connectivity index (χ2v) is 7.13. The Morgan fingerprint density at radius 2 is 1.96 bits per heavy atom. The lowest BCUT2D eigenvalue weighted by atomic mass is 10.1. The molecule has 3 rings (SSSR count). The van der Waals surface area contributed by atoms with E-state index >= 15 is 0 Å². The van der Waals surface area contributed by atoms with Gasteiger partial charge >= 0.3 is 6.03 Å². The average molecular weight is 382 g/mol. The number of aromatic amines is 1. The van der Waals surface area contributed by atoms with Crippen molar-refractivity contribution >= 4 is 11.5 Å². The van der Waals surface area contributed by atoms with Crippen molar-refractivity contribution < 1.29 is 14.4 Å². The minimum atomic E-state index is -0.162. The molecule has 0 aliphatic heterocycles. The number of hydrogen-bond acceptors (Lipinski definition) is 3. The predicted octanol–water partition coefficient (Wildman–Crippen LogP) is 1.47. The molecule has 0 radical (unpaired) electrons. The van der Waals surface area contributed by atoms with Gasteiger partial charge in [0.25, 0.3) is 0 Å². The van der Waals surface area contributed by atoms with Crippen LogP contribution in [0.15, 0.2) is 54.9 Å². The van der Waals surface area contributed by atoms with E-state index in [9.17, 15) is 9.90 Å². The summed E-state index contributed by atoms with van der Waals surface area (Å²) in [6.45, 7) is 1.11. The standard InChI is InChI=1S/C21H27N5O2/c1-25(2)18(13-16-6-8-19(27)9-7-16)15-23-21(28)22-11-10-17-14-24-26-12-4-3-5-20(17)26/h3-9,12,14,18H,10-11,13,15H2,1-2H3,(H3,22,23,27,28)/p+1. The highest BCUT2D eigenvalue weighted by molar-refractivity contribution is 5.73. The van der Waals surface area contributed by atoms with Crippen LogP contribution in [0.2, 0.25) is 0 Å². The summed E-state index contributed by atoms with van der Waals surface area (Å²) in [4.78, 5) is 14.3. The summed E-state index contributed by atoms with van der Waals surface area (Å²) >= 11 is 0. The highest BCUT2D eigenvalue weighted by Gasteiger charge is 2.14. The van der Waals surface area contributed by atoms with Crippen molar-refractivity contribution in [2.45, 2.75) is 18.9 Å². The number of pyridine rings is 1. The summed E-state index contributed by atoms with van der Waals surface area (Å²) in [5.41, 5.74) is 3.40. The molecule has 0 fully saturated rings. The average Bonchev–Trinajstić information content (AvgIpc) is 3.09. The third kappa shape index (κ3) is 5.23. The molecule has 1 atom stereocenters. The molecule has 2 amide bonds. The van der Waals surface area contributed by atoms with Gasteiger partial charge in [0.2, 0.25) is 5.52 Å². The maximum Gasteiger partial charge on any atom is 0.314 e. The number of aromatic hydroxyl groups is 1. The Kier molecular flexibility index (Phi) is 6.49. The Morgan fingerprint density at radius 3 is 2.71 bits per heavy atom. The number of aromatic nitrogens is 2. The number of H-pyrrole nitrogens is 1. The van der Waals surface area contributed by atoms with Gasteiger partial charge in [0.15, 0.2) is 6.20 Å². The lowest BCUT2D eigenvalue weighted by Crippen LogP contribution is -2.45. The largest absolute Gasteiger partial charge is 0.508 e. The number of carbonyl (C=O) groups excluding carboxylic acids is 1. The molecular weight excluding hydrogens is 354 g/mol. The summed E-state index contributed by atoms with van der Waals surface area (Å²) in [5.74, 6) is 0.260. The minimum absolute atomic E-state index is 0.162. The normalized spacial score (nSPS) is 12.2. The number of rotatable bonds is 8. The fourth-order valence-electron chi connectivity index (χ4n) is 3.16. The summed E-state index contributed by atoms with van der Waals surface area (Å²) in [6, 6.07) is 13.2. The molecule has 0 saturated heterocycles. The number of fused-ring (bicyclic) bond motifs is 1. The second-order valence-electron chi connectivity index (χ2n) is 7.13. The molecule has 0 saturated carbocycles. The van der Waals surface area contributed by atoms with Crippen LogP contribution in [0, 0.1) is 0 Å². The van der Waals surface area contributed by atoms with Crippen LogP contribution in [-0.2, 0) is 12.8 Å². The third-order valence-corrected chi connectivity index (χ3v) is 4.88. The second kappa shape index (κ2) is 9.23. The number of benzene rings is 1. The summed E-state index contributed by atoms with van der Waals surface area (Å²) in [7, 11) is 4.00. The van der Waals surface area contributed by atoms with E-state index < -0.39 is 0 Å². The molecule has 0 spiro atoms. The van der Waals surface area contributed by atoms with E-state index in [0.717, 1.165) is 23.9 Å². The van der Waals surface area contributed by atoms with E-state index in [1.807, 2.05) is 55.3 Å². The Labute approximate surface area is 165 Å². The first kappa shape index (κ1) is 19.7. The highest BCUT2D eigenvalue weighted by Crippen LogP contribution is 2.12. The number of phenols is 1. The van der Waals surface area contributed by atoms with Gasteiger partial charge < -0.3 is 20.6 Å². The van der Waals surface area contributed by atoms with Gasteiger partial charge in [-0.1, -0.05) is 16.6 Å². The van der Waals surface area contributed by atoms with Crippen LogP contribution in [0.5, 0.6) is 5.75 Å². The molecule has 28 heavy (non-hydrogen) atoms. The summed E-state index contributed by atoms with van der Waals surface area (Å²) in [6.07, 6.45) is 5.48. The molecule has 4 N–H and O–H groups in total. The molecule has 1 unspecified atom stereocenters. The van der Waals surface area contributed by atoms with Crippen molar-refractivity contribution in [1.82, 2.24) is 20.6 Å². The minimum Gasteiger partial charge on any atom is -0.508 e. The van der Waals surface area contributed by atoms with Crippen molar-refractivity contribution in [1.29, 1.82) is 0 Å².